The van der Waals surface area contributed by atoms with Crippen molar-refractivity contribution in [3.8, 4) is 5.75 Å². The molecule has 2 heterocycles. The molecule has 1 aromatic carbocycles. The summed E-state index contributed by atoms with van der Waals surface area (Å²) < 4.78 is 19.0. The monoisotopic (exact) mass is 344 g/mol. The number of amides is 1. The molecule has 1 amide bonds. The summed E-state index contributed by atoms with van der Waals surface area (Å²) in [5.74, 6) is 0.0969. The van der Waals surface area contributed by atoms with Gasteiger partial charge in [0.15, 0.2) is 0 Å². The molecular weight excluding hydrogens is 323 g/mol. The highest BCUT2D eigenvalue weighted by Gasteiger charge is 2.37. The Bertz CT molecular complexity index is 741. The number of aliphatic hydroxyl groups is 1. The lowest BCUT2D eigenvalue weighted by atomic mass is 9.85. The second kappa shape index (κ2) is 7.19. The number of halogens is 1. The molecule has 0 aliphatic carbocycles. The van der Waals surface area contributed by atoms with Gasteiger partial charge in [-0.2, -0.15) is 4.39 Å². The quantitative estimate of drug-likeness (QED) is 0.865. The average molecular weight is 344 g/mol. The van der Waals surface area contributed by atoms with Crippen LogP contribution in [0.3, 0.4) is 0 Å². The van der Waals surface area contributed by atoms with E-state index in [1.807, 2.05) is 24.3 Å². The summed E-state index contributed by atoms with van der Waals surface area (Å²) in [5, 5.41) is 10.7. The van der Waals surface area contributed by atoms with E-state index in [-0.39, 0.29) is 11.5 Å². The van der Waals surface area contributed by atoms with Gasteiger partial charge in [-0.1, -0.05) is 18.2 Å². The highest BCUT2D eigenvalue weighted by molar-refractivity contribution is 5.79. The Morgan fingerprint density at radius 2 is 1.96 bits per heavy atom. The van der Waals surface area contributed by atoms with E-state index >= 15 is 0 Å². The Morgan fingerprint density at radius 1 is 1.28 bits per heavy atom. The molecule has 0 bridgehead atoms. The van der Waals surface area contributed by atoms with Crippen molar-refractivity contribution in [3.05, 3.63) is 59.7 Å². The van der Waals surface area contributed by atoms with E-state index in [1.54, 1.807) is 24.1 Å². The Kier molecular flexibility index (Phi) is 4.99. The number of hydrogen-bond acceptors (Lipinski definition) is 4. The molecule has 1 aliphatic heterocycles. The van der Waals surface area contributed by atoms with Crippen LogP contribution in [0.4, 0.5) is 4.39 Å². The lowest BCUT2D eigenvalue weighted by Gasteiger charge is -2.38. The van der Waals surface area contributed by atoms with Gasteiger partial charge in [0.25, 0.3) is 0 Å². The van der Waals surface area contributed by atoms with Crippen molar-refractivity contribution in [1.29, 1.82) is 0 Å². The van der Waals surface area contributed by atoms with Crippen LogP contribution >= 0.6 is 0 Å². The summed E-state index contributed by atoms with van der Waals surface area (Å²) in [7, 11) is 1.60. The predicted molar refractivity (Wildman–Crippen MR) is 90.6 cm³/mol. The number of rotatable bonds is 4. The normalized spacial score (nSPS) is 16.5. The number of aromatic nitrogens is 1. The molecule has 1 aromatic heterocycles. The lowest BCUT2D eigenvalue weighted by molar-refractivity contribution is -0.135. The van der Waals surface area contributed by atoms with Crippen molar-refractivity contribution in [3.63, 3.8) is 0 Å². The topological polar surface area (TPSA) is 62.7 Å². The van der Waals surface area contributed by atoms with Gasteiger partial charge in [-0.15, -0.1) is 0 Å². The molecule has 2 aromatic rings. The summed E-state index contributed by atoms with van der Waals surface area (Å²) in [4.78, 5) is 17.8. The Labute approximate surface area is 146 Å². The van der Waals surface area contributed by atoms with Crippen LogP contribution in [0, 0.1) is 5.95 Å². The fourth-order valence-corrected chi connectivity index (χ4v) is 3.16. The lowest BCUT2D eigenvalue weighted by Crippen LogP contribution is -2.46. The summed E-state index contributed by atoms with van der Waals surface area (Å²) in [5.41, 5.74) is -0.155. The fourth-order valence-electron chi connectivity index (χ4n) is 3.16. The first-order chi connectivity index (χ1) is 12.0. The van der Waals surface area contributed by atoms with Gasteiger partial charge in [0.1, 0.15) is 5.75 Å². The first-order valence-corrected chi connectivity index (χ1v) is 8.26. The molecule has 25 heavy (non-hydrogen) atoms. The first kappa shape index (κ1) is 17.4. The number of carbonyl (C=O) groups is 1. The SMILES string of the molecule is COc1ccc(CC(=O)N2CCC(O)(c3cccnc3F)CC2)cc1. The number of methoxy groups -OCH3 is 1. The van der Waals surface area contributed by atoms with Crippen molar-refractivity contribution < 1.29 is 19.0 Å². The Hall–Kier alpha value is -2.47. The van der Waals surface area contributed by atoms with Gasteiger partial charge in [-0.05, 0) is 36.6 Å². The standard InChI is InChI=1S/C19H21FN2O3/c1-25-15-6-4-14(5-7-15)13-17(23)22-11-8-19(24,9-12-22)16-3-2-10-21-18(16)20/h2-7,10,24H,8-9,11-13H2,1H3. The van der Waals surface area contributed by atoms with Gasteiger partial charge >= 0.3 is 0 Å². The van der Waals surface area contributed by atoms with Crippen molar-refractivity contribution in [1.82, 2.24) is 9.88 Å². The van der Waals surface area contributed by atoms with Crippen LogP contribution in [0.25, 0.3) is 0 Å². The van der Waals surface area contributed by atoms with Gasteiger partial charge in [0, 0.05) is 24.8 Å². The van der Waals surface area contributed by atoms with Crippen LogP contribution in [-0.2, 0) is 16.8 Å². The number of ether oxygens (including phenoxy) is 1. The number of piperidine rings is 1. The summed E-state index contributed by atoms with van der Waals surface area (Å²) in [6.45, 7) is 0.777. The summed E-state index contributed by atoms with van der Waals surface area (Å²) >= 11 is 0. The third-order valence-corrected chi connectivity index (χ3v) is 4.72. The third kappa shape index (κ3) is 3.79. The van der Waals surface area contributed by atoms with Gasteiger partial charge in [-0.25, -0.2) is 4.98 Å². The molecule has 0 spiro atoms. The molecular formula is C19H21FN2O3. The Morgan fingerprint density at radius 3 is 2.56 bits per heavy atom. The predicted octanol–water partition coefficient (Wildman–Crippen LogP) is 2.28. The highest BCUT2D eigenvalue weighted by atomic mass is 19.1. The van der Waals surface area contributed by atoms with Crippen molar-refractivity contribution >= 4 is 5.91 Å². The number of likely N-dealkylation sites (tertiary alicyclic amines) is 1. The zero-order valence-electron chi connectivity index (χ0n) is 14.1. The molecule has 3 rings (SSSR count). The maximum Gasteiger partial charge on any atom is 0.226 e. The molecule has 5 nitrogen and oxygen atoms in total. The van der Waals surface area contributed by atoms with Gasteiger partial charge in [-0.3, -0.25) is 4.79 Å². The maximum absolute atomic E-state index is 13.9. The van der Waals surface area contributed by atoms with Crippen LogP contribution in [0.5, 0.6) is 5.75 Å². The number of benzene rings is 1. The summed E-state index contributed by atoms with van der Waals surface area (Å²) in [6.07, 6.45) is 2.24. The van der Waals surface area contributed by atoms with Crippen molar-refractivity contribution in [2.75, 3.05) is 20.2 Å². The van der Waals surface area contributed by atoms with Crippen molar-refractivity contribution in [2.45, 2.75) is 24.9 Å². The molecule has 1 saturated heterocycles. The summed E-state index contributed by atoms with van der Waals surface area (Å²) in [6, 6.07) is 10.5. The third-order valence-electron chi connectivity index (χ3n) is 4.72. The van der Waals surface area contributed by atoms with Gasteiger partial charge in [0.05, 0.1) is 19.1 Å². The number of hydrogen-bond donors (Lipinski definition) is 1. The first-order valence-electron chi connectivity index (χ1n) is 8.26. The highest BCUT2D eigenvalue weighted by Crippen LogP contribution is 2.33. The van der Waals surface area contributed by atoms with Crippen LogP contribution in [0.2, 0.25) is 0 Å². The van der Waals surface area contributed by atoms with E-state index in [0.29, 0.717) is 32.4 Å². The molecule has 1 fully saturated rings. The van der Waals surface area contributed by atoms with E-state index in [9.17, 15) is 14.3 Å². The van der Waals surface area contributed by atoms with E-state index in [1.165, 1.54) is 6.20 Å². The van der Waals surface area contributed by atoms with E-state index < -0.39 is 11.5 Å². The second-order valence-corrected chi connectivity index (χ2v) is 6.28. The van der Waals surface area contributed by atoms with Crippen molar-refractivity contribution in [2.24, 2.45) is 0 Å². The molecule has 0 unspecified atom stereocenters. The molecule has 132 valence electrons. The van der Waals surface area contributed by atoms with E-state index in [4.69, 9.17) is 4.74 Å². The van der Waals surface area contributed by atoms with E-state index in [0.717, 1.165) is 11.3 Å². The smallest absolute Gasteiger partial charge is 0.226 e. The van der Waals surface area contributed by atoms with Crippen LogP contribution in [-0.4, -0.2) is 41.1 Å². The minimum absolute atomic E-state index is 0.00104. The molecule has 1 aliphatic rings. The zero-order valence-corrected chi connectivity index (χ0v) is 14.1. The van der Waals surface area contributed by atoms with Gasteiger partial charge < -0.3 is 14.7 Å². The number of pyridine rings is 1. The molecule has 6 heteroatoms. The molecule has 0 atom stereocenters. The van der Waals surface area contributed by atoms with E-state index in [2.05, 4.69) is 4.98 Å². The zero-order chi connectivity index (χ0) is 17.9. The average Bonchev–Trinajstić information content (AvgIpc) is 2.63. The number of nitrogens with zero attached hydrogens (tertiary/aromatic N) is 2. The maximum atomic E-state index is 13.9. The van der Waals surface area contributed by atoms with Crippen LogP contribution < -0.4 is 4.74 Å². The molecule has 1 N–H and O–H groups in total. The van der Waals surface area contributed by atoms with Crippen LogP contribution in [0.15, 0.2) is 42.6 Å². The Balaban J connectivity index is 1.61. The van der Waals surface area contributed by atoms with Crippen LogP contribution in [0.1, 0.15) is 24.0 Å². The molecule has 0 saturated carbocycles. The minimum Gasteiger partial charge on any atom is -0.497 e. The second-order valence-electron chi connectivity index (χ2n) is 6.28. The fraction of sp³-hybridized carbons (Fsp3) is 0.368. The number of carbonyl (C=O) groups excluding carboxylic acids is 1. The minimum atomic E-state index is -1.27. The van der Waals surface area contributed by atoms with Gasteiger partial charge in [0.2, 0.25) is 11.9 Å². The molecule has 0 radical (unpaired) electrons. The largest absolute Gasteiger partial charge is 0.497 e.